The van der Waals surface area contributed by atoms with Crippen LogP contribution < -0.4 is 0 Å². The third-order valence-electron chi connectivity index (χ3n) is 3.49. The van der Waals surface area contributed by atoms with E-state index < -0.39 is 11.7 Å². The van der Waals surface area contributed by atoms with Crippen molar-refractivity contribution in [1.29, 1.82) is 0 Å². The molecule has 1 aromatic heterocycles. The molecule has 1 fully saturated rings. The van der Waals surface area contributed by atoms with Gasteiger partial charge in [-0.05, 0) is 18.9 Å². The Kier molecular flexibility index (Phi) is 3.30. The first-order chi connectivity index (χ1) is 7.62. The fourth-order valence-electron chi connectivity index (χ4n) is 2.47. The maximum atomic E-state index is 10.5. The highest BCUT2D eigenvalue weighted by atomic mass is 16.3. The molecule has 0 saturated heterocycles. The van der Waals surface area contributed by atoms with Gasteiger partial charge < -0.3 is 10.2 Å². The Hall–Kier alpha value is -0.870. The van der Waals surface area contributed by atoms with Crippen molar-refractivity contribution in [1.82, 2.24) is 9.78 Å². The molecule has 0 aromatic carbocycles. The first-order valence-corrected chi connectivity index (χ1v) is 6.02. The van der Waals surface area contributed by atoms with Gasteiger partial charge in [-0.15, -0.1) is 0 Å². The molecule has 1 aromatic rings. The van der Waals surface area contributed by atoms with E-state index in [0.717, 1.165) is 25.7 Å². The Labute approximate surface area is 95.9 Å². The van der Waals surface area contributed by atoms with Gasteiger partial charge in [-0.25, -0.2) is 0 Å². The van der Waals surface area contributed by atoms with Gasteiger partial charge in [-0.1, -0.05) is 25.7 Å². The van der Waals surface area contributed by atoms with Gasteiger partial charge in [0.05, 0.1) is 11.3 Å². The maximum absolute atomic E-state index is 10.5. The summed E-state index contributed by atoms with van der Waals surface area (Å²) >= 11 is 0. The average Bonchev–Trinajstić information content (AvgIpc) is 2.56. The van der Waals surface area contributed by atoms with E-state index in [1.165, 1.54) is 0 Å². The summed E-state index contributed by atoms with van der Waals surface area (Å²) in [5.41, 5.74) is -0.405. The van der Waals surface area contributed by atoms with E-state index in [1.54, 1.807) is 16.9 Å². The Balaban J connectivity index is 2.15. The summed E-state index contributed by atoms with van der Waals surface area (Å²) < 4.78 is 1.65. The fourth-order valence-corrected chi connectivity index (χ4v) is 2.47. The number of aliphatic hydroxyl groups is 2. The second kappa shape index (κ2) is 4.55. The summed E-state index contributed by atoms with van der Waals surface area (Å²) in [4.78, 5) is 0. The minimum absolute atomic E-state index is 0.576. The normalized spacial score (nSPS) is 22.7. The van der Waals surface area contributed by atoms with Crippen LogP contribution in [-0.2, 0) is 7.05 Å². The number of hydrogen-bond acceptors (Lipinski definition) is 3. The lowest BCUT2D eigenvalue weighted by molar-refractivity contribution is -0.0886. The van der Waals surface area contributed by atoms with Gasteiger partial charge in [0.1, 0.15) is 6.10 Å². The quantitative estimate of drug-likeness (QED) is 0.749. The second-order valence-electron chi connectivity index (χ2n) is 4.83. The van der Waals surface area contributed by atoms with Crippen LogP contribution in [0, 0.1) is 0 Å². The van der Waals surface area contributed by atoms with E-state index in [2.05, 4.69) is 5.10 Å². The largest absolute Gasteiger partial charge is 0.387 e. The molecule has 1 atom stereocenters. The van der Waals surface area contributed by atoms with Crippen molar-refractivity contribution < 1.29 is 10.2 Å². The van der Waals surface area contributed by atoms with Gasteiger partial charge in [0, 0.05) is 13.2 Å². The van der Waals surface area contributed by atoms with Gasteiger partial charge in [0.2, 0.25) is 0 Å². The second-order valence-corrected chi connectivity index (χ2v) is 4.83. The number of rotatable bonds is 2. The maximum Gasteiger partial charge on any atom is 0.126 e. The zero-order chi connectivity index (χ0) is 11.6. The van der Waals surface area contributed by atoms with E-state index >= 15 is 0 Å². The first-order valence-electron chi connectivity index (χ1n) is 6.02. The molecule has 4 heteroatoms. The third kappa shape index (κ3) is 2.28. The van der Waals surface area contributed by atoms with Crippen LogP contribution in [0.15, 0.2) is 12.3 Å². The van der Waals surface area contributed by atoms with Crippen molar-refractivity contribution in [3.8, 4) is 0 Å². The molecule has 2 N–H and O–H groups in total. The van der Waals surface area contributed by atoms with Gasteiger partial charge >= 0.3 is 0 Å². The van der Waals surface area contributed by atoms with Crippen LogP contribution in [0.4, 0.5) is 0 Å². The van der Waals surface area contributed by atoms with Crippen molar-refractivity contribution in [2.75, 3.05) is 0 Å². The molecule has 1 saturated carbocycles. The molecular formula is C12H20N2O2. The van der Waals surface area contributed by atoms with Crippen molar-refractivity contribution in [2.24, 2.45) is 7.05 Å². The lowest BCUT2D eigenvalue weighted by Gasteiger charge is -2.30. The third-order valence-corrected chi connectivity index (χ3v) is 3.49. The molecule has 1 unspecified atom stereocenters. The standard InChI is InChI=1S/C12H20N2O2/c1-14-9-6-10(13-14)11(15)12(16)7-4-2-3-5-8-12/h6,9,11,15-16H,2-5,7-8H2,1H3. The van der Waals surface area contributed by atoms with Crippen LogP contribution in [0.3, 0.4) is 0 Å². The Morgan fingerprint density at radius 3 is 2.44 bits per heavy atom. The fraction of sp³-hybridized carbons (Fsp3) is 0.750. The highest BCUT2D eigenvalue weighted by molar-refractivity contribution is 5.09. The first kappa shape index (κ1) is 11.6. The van der Waals surface area contributed by atoms with Crippen molar-refractivity contribution >= 4 is 0 Å². The van der Waals surface area contributed by atoms with Crippen molar-refractivity contribution in [2.45, 2.75) is 50.2 Å². The molecule has 1 heterocycles. The Morgan fingerprint density at radius 2 is 1.94 bits per heavy atom. The summed E-state index contributed by atoms with van der Waals surface area (Å²) in [7, 11) is 1.81. The van der Waals surface area contributed by atoms with Crippen LogP contribution in [0.2, 0.25) is 0 Å². The molecule has 0 radical (unpaired) electrons. The van der Waals surface area contributed by atoms with Crippen LogP contribution in [-0.4, -0.2) is 25.6 Å². The molecule has 0 aliphatic heterocycles. The number of nitrogens with zero attached hydrogens (tertiary/aromatic N) is 2. The molecule has 2 rings (SSSR count). The zero-order valence-corrected chi connectivity index (χ0v) is 9.76. The molecule has 0 bridgehead atoms. The van der Waals surface area contributed by atoms with Gasteiger partial charge in [0.25, 0.3) is 0 Å². The molecule has 1 aliphatic rings. The van der Waals surface area contributed by atoms with Crippen molar-refractivity contribution in [3.05, 3.63) is 18.0 Å². The monoisotopic (exact) mass is 224 g/mol. The summed E-state index contributed by atoms with van der Waals surface area (Å²) in [5, 5.41) is 24.9. The molecule has 4 nitrogen and oxygen atoms in total. The van der Waals surface area contributed by atoms with Crippen molar-refractivity contribution in [3.63, 3.8) is 0 Å². The van der Waals surface area contributed by atoms with Gasteiger partial charge in [-0.3, -0.25) is 4.68 Å². The van der Waals surface area contributed by atoms with E-state index in [9.17, 15) is 10.2 Å². The van der Waals surface area contributed by atoms with E-state index in [1.807, 2.05) is 7.05 Å². The predicted molar refractivity (Wildman–Crippen MR) is 60.8 cm³/mol. The van der Waals surface area contributed by atoms with E-state index in [-0.39, 0.29) is 0 Å². The Bertz CT molecular complexity index is 341. The van der Waals surface area contributed by atoms with Crippen LogP contribution in [0.1, 0.15) is 50.3 Å². The summed E-state index contributed by atoms with van der Waals surface area (Å²) in [6.07, 6.45) is 6.55. The van der Waals surface area contributed by atoms with Crippen LogP contribution >= 0.6 is 0 Å². The summed E-state index contributed by atoms with van der Waals surface area (Å²) in [5.74, 6) is 0. The smallest absolute Gasteiger partial charge is 0.126 e. The lowest BCUT2D eigenvalue weighted by Crippen LogP contribution is -2.36. The predicted octanol–water partition coefficient (Wildman–Crippen LogP) is 1.54. The summed E-state index contributed by atoms with van der Waals surface area (Å²) in [6, 6.07) is 1.77. The molecule has 90 valence electrons. The topological polar surface area (TPSA) is 58.3 Å². The minimum atomic E-state index is -0.981. The van der Waals surface area contributed by atoms with Gasteiger partial charge in [-0.2, -0.15) is 5.10 Å². The number of hydrogen-bond donors (Lipinski definition) is 2. The number of aryl methyl sites for hydroxylation is 1. The average molecular weight is 224 g/mol. The lowest BCUT2D eigenvalue weighted by atomic mass is 9.87. The zero-order valence-electron chi connectivity index (χ0n) is 9.76. The highest BCUT2D eigenvalue weighted by Gasteiger charge is 2.37. The van der Waals surface area contributed by atoms with Crippen LogP contribution in [0.25, 0.3) is 0 Å². The van der Waals surface area contributed by atoms with Gasteiger partial charge in [0.15, 0.2) is 0 Å². The molecule has 1 aliphatic carbocycles. The molecule has 0 amide bonds. The molecule has 16 heavy (non-hydrogen) atoms. The number of aliphatic hydroxyl groups excluding tert-OH is 1. The Morgan fingerprint density at radius 1 is 1.31 bits per heavy atom. The minimum Gasteiger partial charge on any atom is -0.387 e. The SMILES string of the molecule is Cn1ccc(C(O)C2(O)CCCCCC2)n1. The highest BCUT2D eigenvalue weighted by Crippen LogP contribution is 2.36. The molecular weight excluding hydrogens is 204 g/mol. The molecule has 0 spiro atoms. The number of aromatic nitrogens is 2. The van der Waals surface area contributed by atoms with E-state index in [0.29, 0.717) is 18.5 Å². The van der Waals surface area contributed by atoms with Crippen LogP contribution in [0.5, 0.6) is 0 Å². The summed E-state index contributed by atoms with van der Waals surface area (Å²) in [6.45, 7) is 0. The van der Waals surface area contributed by atoms with E-state index in [4.69, 9.17) is 0 Å².